The quantitative estimate of drug-likeness (QED) is 0.727. The first-order chi connectivity index (χ1) is 9.75. The van der Waals surface area contributed by atoms with Gasteiger partial charge in [-0.15, -0.1) is 0 Å². The number of hydrogen-bond donors (Lipinski definition) is 2. The van der Waals surface area contributed by atoms with E-state index in [1.165, 1.54) is 24.8 Å². The van der Waals surface area contributed by atoms with Crippen LogP contribution in [0.5, 0.6) is 0 Å². The van der Waals surface area contributed by atoms with Gasteiger partial charge in [-0.3, -0.25) is 4.90 Å². The molecule has 0 spiro atoms. The summed E-state index contributed by atoms with van der Waals surface area (Å²) >= 11 is 0. The first-order valence-electron chi connectivity index (χ1n) is 7.91. The van der Waals surface area contributed by atoms with Gasteiger partial charge in [-0.25, -0.2) is 0 Å². The third-order valence-corrected chi connectivity index (χ3v) is 4.16. The molecule has 20 heavy (non-hydrogen) atoms. The standard InChI is InChI=1S/C17H28N2O/c1-3-12-19(16-10-11-16)13-17(14-20,18-4-2)15-8-6-5-7-9-15/h5-9,16,18,20H,3-4,10-14H2,1-2H3. The molecule has 0 aromatic heterocycles. The normalized spacial score (nSPS) is 18.2. The van der Waals surface area contributed by atoms with Crippen LogP contribution in [0, 0.1) is 0 Å². The van der Waals surface area contributed by atoms with Gasteiger partial charge in [0, 0.05) is 12.6 Å². The molecule has 0 radical (unpaired) electrons. The van der Waals surface area contributed by atoms with Gasteiger partial charge in [0.1, 0.15) is 0 Å². The first-order valence-corrected chi connectivity index (χ1v) is 7.91. The van der Waals surface area contributed by atoms with E-state index in [1.807, 2.05) is 6.07 Å². The Morgan fingerprint density at radius 1 is 1.25 bits per heavy atom. The molecule has 112 valence electrons. The highest BCUT2D eigenvalue weighted by molar-refractivity contribution is 5.25. The summed E-state index contributed by atoms with van der Waals surface area (Å²) in [6.07, 6.45) is 3.78. The number of likely N-dealkylation sites (N-methyl/N-ethyl adjacent to an activating group) is 1. The average Bonchev–Trinajstić information content (AvgIpc) is 3.31. The van der Waals surface area contributed by atoms with Crippen LogP contribution >= 0.6 is 0 Å². The molecule has 1 atom stereocenters. The van der Waals surface area contributed by atoms with E-state index in [4.69, 9.17) is 0 Å². The molecule has 0 heterocycles. The maximum atomic E-state index is 10.1. The van der Waals surface area contributed by atoms with E-state index in [2.05, 4.69) is 48.3 Å². The number of aliphatic hydroxyl groups is 1. The van der Waals surface area contributed by atoms with Crippen molar-refractivity contribution in [3.05, 3.63) is 35.9 Å². The number of rotatable bonds is 9. The Morgan fingerprint density at radius 3 is 2.45 bits per heavy atom. The average molecular weight is 276 g/mol. The van der Waals surface area contributed by atoms with Crippen molar-refractivity contribution in [1.82, 2.24) is 10.2 Å². The fraction of sp³-hybridized carbons (Fsp3) is 0.647. The van der Waals surface area contributed by atoms with E-state index in [0.29, 0.717) is 0 Å². The molecule has 1 aliphatic carbocycles. The van der Waals surface area contributed by atoms with E-state index < -0.39 is 0 Å². The molecule has 2 N–H and O–H groups in total. The molecule has 0 saturated heterocycles. The van der Waals surface area contributed by atoms with Crippen LogP contribution in [0.25, 0.3) is 0 Å². The van der Waals surface area contributed by atoms with Crippen molar-refractivity contribution in [2.24, 2.45) is 0 Å². The molecule has 3 heteroatoms. The number of nitrogens with zero attached hydrogens (tertiary/aromatic N) is 1. The third-order valence-electron chi connectivity index (χ3n) is 4.16. The van der Waals surface area contributed by atoms with Gasteiger partial charge in [0.05, 0.1) is 12.1 Å². The van der Waals surface area contributed by atoms with E-state index in [1.54, 1.807) is 0 Å². The lowest BCUT2D eigenvalue weighted by atomic mass is 9.89. The Bertz CT molecular complexity index is 391. The summed E-state index contributed by atoms with van der Waals surface area (Å²) in [5.41, 5.74) is 0.847. The number of aliphatic hydroxyl groups excluding tert-OH is 1. The maximum absolute atomic E-state index is 10.1. The predicted octanol–water partition coefficient (Wildman–Crippen LogP) is 2.36. The van der Waals surface area contributed by atoms with Crippen molar-refractivity contribution in [1.29, 1.82) is 0 Å². The fourth-order valence-electron chi connectivity index (χ4n) is 3.01. The molecule has 2 rings (SSSR count). The molecule has 1 aliphatic rings. The summed E-state index contributed by atoms with van der Waals surface area (Å²) in [6.45, 7) is 7.34. The summed E-state index contributed by atoms with van der Waals surface area (Å²) in [5.74, 6) is 0. The summed E-state index contributed by atoms with van der Waals surface area (Å²) in [4.78, 5) is 2.55. The van der Waals surface area contributed by atoms with Crippen molar-refractivity contribution in [3.63, 3.8) is 0 Å². The van der Waals surface area contributed by atoms with E-state index in [0.717, 1.165) is 25.7 Å². The Morgan fingerprint density at radius 2 is 1.95 bits per heavy atom. The van der Waals surface area contributed by atoms with Crippen LogP contribution in [0.2, 0.25) is 0 Å². The third kappa shape index (κ3) is 3.60. The molecular formula is C17H28N2O. The fourth-order valence-corrected chi connectivity index (χ4v) is 3.01. The van der Waals surface area contributed by atoms with E-state index in [-0.39, 0.29) is 12.1 Å². The van der Waals surface area contributed by atoms with Crippen LogP contribution < -0.4 is 5.32 Å². The highest BCUT2D eigenvalue weighted by Gasteiger charge is 2.37. The van der Waals surface area contributed by atoms with Crippen molar-refractivity contribution in [2.45, 2.75) is 44.7 Å². The largest absolute Gasteiger partial charge is 0.394 e. The van der Waals surface area contributed by atoms with Gasteiger partial charge in [0.2, 0.25) is 0 Å². The topological polar surface area (TPSA) is 35.5 Å². The summed E-state index contributed by atoms with van der Waals surface area (Å²) in [6, 6.07) is 11.1. The zero-order chi connectivity index (χ0) is 14.4. The van der Waals surface area contributed by atoms with Crippen LogP contribution in [0.15, 0.2) is 30.3 Å². The Kier molecular flexibility index (Phi) is 5.58. The molecule has 0 amide bonds. The number of hydrogen-bond acceptors (Lipinski definition) is 3. The minimum absolute atomic E-state index is 0.137. The van der Waals surface area contributed by atoms with Gasteiger partial charge in [0.15, 0.2) is 0 Å². The lowest BCUT2D eigenvalue weighted by Crippen LogP contribution is -2.54. The minimum atomic E-state index is -0.340. The number of benzene rings is 1. The maximum Gasteiger partial charge on any atom is 0.0797 e. The highest BCUT2D eigenvalue weighted by atomic mass is 16.3. The van der Waals surface area contributed by atoms with Crippen LogP contribution in [0.3, 0.4) is 0 Å². The second-order valence-electron chi connectivity index (χ2n) is 5.84. The zero-order valence-electron chi connectivity index (χ0n) is 12.8. The van der Waals surface area contributed by atoms with Crippen LogP contribution in [-0.4, -0.2) is 42.3 Å². The van der Waals surface area contributed by atoms with Crippen molar-refractivity contribution < 1.29 is 5.11 Å². The smallest absolute Gasteiger partial charge is 0.0797 e. The zero-order valence-corrected chi connectivity index (χ0v) is 12.8. The summed E-state index contributed by atoms with van der Waals surface area (Å²) in [5, 5.41) is 13.6. The van der Waals surface area contributed by atoms with Crippen LogP contribution in [0.1, 0.15) is 38.7 Å². The first kappa shape index (κ1) is 15.5. The summed E-state index contributed by atoms with van der Waals surface area (Å²) < 4.78 is 0. The monoisotopic (exact) mass is 276 g/mol. The predicted molar refractivity (Wildman–Crippen MR) is 83.8 cm³/mol. The Hall–Kier alpha value is -0.900. The van der Waals surface area contributed by atoms with Gasteiger partial charge < -0.3 is 10.4 Å². The SMILES string of the molecule is CCCN(CC(CO)(NCC)c1ccccc1)C1CC1. The van der Waals surface area contributed by atoms with Crippen molar-refractivity contribution >= 4 is 0 Å². The lowest BCUT2D eigenvalue weighted by Gasteiger charge is -2.38. The van der Waals surface area contributed by atoms with Gasteiger partial charge in [-0.2, -0.15) is 0 Å². The Balaban J connectivity index is 2.21. The minimum Gasteiger partial charge on any atom is -0.394 e. The highest BCUT2D eigenvalue weighted by Crippen LogP contribution is 2.31. The lowest BCUT2D eigenvalue weighted by molar-refractivity contribution is 0.103. The summed E-state index contributed by atoms with van der Waals surface area (Å²) in [7, 11) is 0. The second-order valence-corrected chi connectivity index (χ2v) is 5.84. The van der Waals surface area contributed by atoms with Crippen molar-refractivity contribution in [3.8, 4) is 0 Å². The molecular weight excluding hydrogens is 248 g/mol. The van der Waals surface area contributed by atoms with Crippen LogP contribution in [0.4, 0.5) is 0 Å². The van der Waals surface area contributed by atoms with Gasteiger partial charge in [0.25, 0.3) is 0 Å². The molecule has 1 fully saturated rings. The number of nitrogens with one attached hydrogen (secondary N) is 1. The van der Waals surface area contributed by atoms with Gasteiger partial charge in [-0.05, 0) is 37.9 Å². The van der Waals surface area contributed by atoms with E-state index in [9.17, 15) is 5.11 Å². The van der Waals surface area contributed by atoms with E-state index >= 15 is 0 Å². The van der Waals surface area contributed by atoms with Gasteiger partial charge >= 0.3 is 0 Å². The molecule has 1 saturated carbocycles. The second kappa shape index (κ2) is 7.21. The van der Waals surface area contributed by atoms with Gasteiger partial charge in [-0.1, -0.05) is 44.2 Å². The van der Waals surface area contributed by atoms with Crippen molar-refractivity contribution in [2.75, 3.05) is 26.2 Å². The molecule has 1 aromatic rings. The molecule has 0 aliphatic heterocycles. The molecule has 1 aromatic carbocycles. The Labute approximate surface area is 123 Å². The molecule has 1 unspecified atom stereocenters. The molecule has 3 nitrogen and oxygen atoms in total. The molecule has 0 bridgehead atoms. The van der Waals surface area contributed by atoms with Crippen LogP contribution in [-0.2, 0) is 5.54 Å².